The van der Waals surface area contributed by atoms with Crippen LogP contribution in [-0.2, 0) is 0 Å². The summed E-state index contributed by atoms with van der Waals surface area (Å²) in [5.74, 6) is 1.52. The van der Waals surface area contributed by atoms with Crippen molar-refractivity contribution in [1.82, 2.24) is 4.98 Å². The Balaban J connectivity index is 2.28. The SMILES string of the molecule is Cc1ncccc1Oc1ccc([C@@H](C)N)cc1Br. The molecule has 1 aromatic carbocycles. The van der Waals surface area contributed by atoms with E-state index in [2.05, 4.69) is 20.9 Å². The number of aromatic nitrogens is 1. The smallest absolute Gasteiger partial charge is 0.148 e. The minimum Gasteiger partial charge on any atom is -0.454 e. The predicted molar refractivity (Wildman–Crippen MR) is 75.8 cm³/mol. The highest BCUT2D eigenvalue weighted by atomic mass is 79.9. The summed E-state index contributed by atoms with van der Waals surface area (Å²) in [6.45, 7) is 3.87. The van der Waals surface area contributed by atoms with Crippen LogP contribution in [0, 0.1) is 6.92 Å². The van der Waals surface area contributed by atoms with Crippen LogP contribution in [0.15, 0.2) is 41.0 Å². The van der Waals surface area contributed by atoms with E-state index < -0.39 is 0 Å². The quantitative estimate of drug-likeness (QED) is 0.933. The first kappa shape index (κ1) is 13.1. The average Bonchev–Trinajstić information content (AvgIpc) is 2.34. The molecule has 2 aromatic rings. The number of nitrogens with two attached hydrogens (primary N) is 1. The average molecular weight is 307 g/mol. The van der Waals surface area contributed by atoms with E-state index >= 15 is 0 Å². The first-order chi connectivity index (χ1) is 8.58. The Labute approximate surface area is 115 Å². The Kier molecular flexibility index (Phi) is 3.99. The molecular formula is C14H15BrN2O. The van der Waals surface area contributed by atoms with E-state index in [0.29, 0.717) is 0 Å². The Morgan fingerprint density at radius 1 is 1.28 bits per heavy atom. The minimum atomic E-state index is 0.00970. The van der Waals surface area contributed by atoms with Crippen LogP contribution < -0.4 is 10.5 Å². The van der Waals surface area contributed by atoms with Gasteiger partial charge < -0.3 is 10.5 Å². The summed E-state index contributed by atoms with van der Waals surface area (Å²) in [6, 6.07) is 9.62. The van der Waals surface area contributed by atoms with Crippen LogP contribution in [-0.4, -0.2) is 4.98 Å². The second kappa shape index (κ2) is 5.50. The maximum Gasteiger partial charge on any atom is 0.148 e. The zero-order valence-electron chi connectivity index (χ0n) is 10.4. The Morgan fingerprint density at radius 2 is 2.06 bits per heavy atom. The highest BCUT2D eigenvalue weighted by Crippen LogP contribution is 2.32. The second-order valence-electron chi connectivity index (χ2n) is 4.17. The molecule has 0 unspecified atom stereocenters. The van der Waals surface area contributed by atoms with Crippen LogP contribution in [0.25, 0.3) is 0 Å². The molecule has 0 amide bonds. The molecule has 1 atom stereocenters. The van der Waals surface area contributed by atoms with Crippen LogP contribution in [0.5, 0.6) is 11.5 Å². The third kappa shape index (κ3) is 2.89. The van der Waals surface area contributed by atoms with Crippen molar-refractivity contribution in [3.8, 4) is 11.5 Å². The van der Waals surface area contributed by atoms with Crippen LogP contribution in [0.4, 0.5) is 0 Å². The molecule has 94 valence electrons. The number of halogens is 1. The van der Waals surface area contributed by atoms with Crippen LogP contribution in [0.3, 0.4) is 0 Å². The zero-order valence-corrected chi connectivity index (χ0v) is 11.9. The fourth-order valence-electron chi connectivity index (χ4n) is 1.58. The number of nitrogens with zero attached hydrogens (tertiary/aromatic N) is 1. The van der Waals surface area contributed by atoms with Gasteiger partial charge in [0.2, 0.25) is 0 Å². The summed E-state index contributed by atoms with van der Waals surface area (Å²) in [4.78, 5) is 4.19. The molecule has 0 spiro atoms. The molecule has 0 bridgehead atoms. The lowest BCUT2D eigenvalue weighted by atomic mass is 10.1. The van der Waals surface area contributed by atoms with E-state index in [9.17, 15) is 0 Å². The van der Waals surface area contributed by atoms with Crippen LogP contribution >= 0.6 is 15.9 Å². The molecule has 2 rings (SSSR count). The van der Waals surface area contributed by atoms with Crippen molar-refractivity contribution < 1.29 is 4.74 Å². The summed E-state index contributed by atoms with van der Waals surface area (Å²) < 4.78 is 6.71. The van der Waals surface area contributed by atoms with E-state index in [-0.39, 0.29) is 6.04 Å². The zero-order chi connectivity index (χ0) is 13.1. The van der Waals surface area contributed by atoms with Crippen molar-refractivity contribution in [2.45, 2.75) is 19.9 Å². The number of pyridine rings is 1. The van der Waals surface area contributed by atoms with E-state index in [1.54, 1.807) is 6.20 Å². The van der Waals surface area contributed by atoms with Crippen LogP contribution in [0.2, 0.25) is 0 Å². The predicted octanol–water partition coefficient (Wildman–Crippen LogP) is 3.96. The first-order valence-corrected chi connectivity index (χ1v) is 6.51. The molecule has 0 aliphatic heterocycles. The second-order valence-corrected chi connectivity index (χ2v) is 5.02. The van der Waals surface area contributed by atoms with E-state index in [1.807, 2.05) is 44.2 Å². The van der Waals surface area contributed by atoms with Crippen molar-refractivity contribution in [2.24, 2.45) is 5.73 Å². The summed E-state index contributed by atoms with van der Waals surface area (Å²) >= 11 is 3.50. The van der Waals surface area contributed by atoms with Crippen molar-refractivity contribution >= 4 is 15.9 Å². The van der Waals surface area contributed by atoms with Gasteiger partial charge in [0, 0.05) is 12.2 Å². The van der Waals surface area contributed by atoms with Gasteiger partial charge >= 0.3 is 0 Å². The molecule has 0 aliphatic rings. The molecule has 18 heavy (non-hydrogen) atoms. The van der Waals surface area contributed by atoms with Gasteiger partial charge in [0.25, 0.3) is 0 Å². The number of hydrogen-bond donors (Lipinski definition) is 1. The summed E-state index contributed by atoms with van der Waals surface area (Å²) in [6.07, 6.45) is 1.75. The molecule has 1 heterocycles. The molecule has 3 nitrogen and oxygen atoms in total. The number of aryl methyl sites for hydroxylation is 1. The number of benzene rings is 1. The van der Waals surface area contributed by atoms with Gasteiger partial charge in [-0.15, -0.1) is 0 Å². The first-order valence-electron chi connectivity index (χ1n) is 5.72. The van der Waals surface area contributed by atoms with E-state index in [0.717, 1.165) is 27.2 Å². The summed E-state index contributed by atoms with van der Waals surface area (Å²) in [5.41, 5.74) is 7.77. The lowest BCUT2D eigenvalue weighted by Gasteiger charge is -2.12. The fourth-order valence-corrected chi connectivity index (χ4v) is 2.06. The van der Waals surface area contributed by atoms with Gasteiger partial charge in [0.15, 0.2) is 0 Å². The minimum absolute atomic E-state index is 0.00970. The van der Waals surface area contributed by atoms with Gasteiger partial charge in [0.1, 0.15) is 11.5 Å². The Bertz CT molecular complexity index is 555. The molecular weight excluding hydrogens is 292 g/mol. The summed E-state index contributed by atoms with van der Waals surface area (Å²) in [5, 5.41) is 0. The largest absolute Gasteiger partial charge is 0.454 e. The Morgan fingerprint density at radius 3 is 2.67 bits per heavy atom. The van der Waals surface area contributed by atoms with Crippen LogP contribution in [0.1, 0.15) is 24.2 Å². The monoisotopic (exact) mass is 306 g/mol. The maximum atomic E-state index is 5.84. The topological polar surface area (TPSA) is 48.1 Å². The van der Waals surface area contributed by atoms with Crippen molar-refractivity contribution in [1.29, 1.82) is 0 Å². The normalized spacial score (nSPS) is 12.2. The molecule has 0 fully saturated rings. The molecule has 0 radical (unpaired) electrons. The summed E-state index contributed by atoms with van der Waals surface area (Å²) in [7, 11) is 0. The van der Waals surface area contributed by atoms with Gasteiger partial charge in [-0.05, 0) is 59.6 Å². The third-order valence-corrected chi connectivity index (χ3v) is 3.28. The van der Waals surface area contributed by atoms with Gasteiger partial charge in [-0.25, -0.2) is 0 Å². The van der Waals surface area contributed by atoms with Gasteiger partial charge in [-0.3, -0.25) is 4.98 Å². The van der Waals surface area contributed by atoms with Gasteiger partial charge in [-0.1, -0.05) is 6.07 Å². The number of ether oxygens (including phenoxy) is 1. The fraction of sp³-hybridized carbons (Fsp3) is 0.214. The number of hydrogen-bond acceptors (Lipinski definition) is 3. The number of rotatable bonds is 3. The molecule has 1 aromatic heterocycles. The standard InChI is InChI=1S/C14H15BrN2O/c1-9(16)11-5-6-14(12(15)8-11)18-13-4-3-7-17-10(13)2/h3-9H,16H2,1-2H3/t9-/m1/s1. The molecule has 0 saturated heterocycles. The van der Waals surface area contributed by atoms with E-state index in [4.69, 9.17) is 10.5 Å². The van der Waals surface area contributed by atoms with Crippen molar-refractivity contribution in [3.63, 3.8) is 0 Å². The maximum absolute atomic E-state index is 5.84. The molecule has 2 N–H and O–H groups in total. The van der Waals surface area contributed by atoms with Gasteiger partial charge in [0.05, 0.1) is 10.2 Å². The van der Waals surface area contributed by atoms with Crippen molar-refractivity contribution in [2.75, 3.05) is 0 Å². The molecule has 0 aliphatic carbocycles. The van der Waals surface area contributed by atoms with Gasteiger partial charge in [-0.2, -0.15) is 0 Å². The lowest BCUT2D eigenvalue weighted by Crippen LogP contribution is -2.04. The van der Waals surface area contributed by atoms with Crippen molar-refractivity contribution in [3.05, 3.63) is 52.3 Å². The molecule has 4 heteroatoms. The van der Waals surface area contributed by atoms with E-state index in [1.165, 1.54) is 0 Å². The lowest BCUT2D eigenvalue weighted by molar-refractivity contribution is 0.472. The third-order valence-electron chi connectivity index (χ3n) is 2.66. The Hall–Kier alpha value is -1.39. The molecule has 0 saturated carbocycles. The highest BCUT2D eigenvalue weighted by Gasteiger charge is 2.08. The highest BCUT2D eigenvalue weighted by molar-refractivity contribution is 9.10.